The smallest absolute Gasteiger partial charge is 0.265 e. The summed E-state index contributed by atoms with van der Waals surface area (Å²) in [7, 11) is -3.68. The van der Waals surface area contributed by atoms with Gasteiger partial charge in [-0.3, -0.25) is 5.10 Å². The van der Waals surface area contributed by atoms with Crippen LogP contribution in [0.15, 0.2) is 65.6 Å². The Bertz CT molecular complexity index is 1180. The van der Waals surface area contributed by atoms with Crippen LogP contribution in [-0.4, -0.2) is 24.7 Å². The van der Waals surface area contributed by atoms with Crippen molar-refractivity contribution in [2.24, 2.45) is 0 Å². The predicted octanol–water partition coefficient (Wildman–Crippen LogP) is 4.82. The van der Waals surface area contributed by atoms with Gasteiger partial charge >= 0.3 is 0 Å². The average molecular weight is 420 g/mol. The zero-order valence-electron chi connectivity index (χ0n) is 17.0. The molecule has 1 atom stereocenters. The fraction of sp³-hybridized carbons (Fsp3) is 0.292. The normalized spacial score (nSPS) is 18.6. The van der Waals surface area contributed by atoms with Crippen molar-refractivity contribution in [2.45, 2.75) is 49.5 Å². The first-order chi connectivity index (χ1) is 14.5. The quantitative estimate of drug-likeness (QED) is 0.645. The van der Waals surface area contributed by atoms with Crippen LogP contribution in [0.3, 0.4) is 0 Å². The van der Waals surface area contributed by atoms with Gasteiger partial charge in [0.1, 0.15) is 0 Å². The number of rotatable bonds is 5. The van der Waals surface area contributed by atoms with E-state index in [1.165, 1.54) is 5.56 Å². The largest absolute Gasteiger partial charge is 0.280 e. The summed E-state index contributed by atoms with van der Waals surface area (Å²) in [5, 5.41) is 7.64. The minimum absolute atomic E-state index is 0.0380. The maximum atomic E-state index is 13.6. The molecule has 1 unspecified atom stereocenters. The first-order valence-corrected chi connectivity index (χ1v) is 11.9. The lowest BCUT2D eigenvalue weighted by atomic mass is 9.88. The van der Waals surface area contributed by atoms with Gasteiger partial charge in [-0.1, -0.05) is 60.2 Å². The average Bonchev–Trinajstić information content (AvgIpc) is 3.14. The van der Waals surface area contributed by atoms with Crippen LogP contribution in [0.25, 0.3) is 6.08 Å². The molecule has 1 fully saturated rings. The molecule has 2 aliphatic rings. The van der Waals surface area contributed by atoms with E-state index in [0.717, 1.165) is 42.5 Å². The van der Waals surface area contributed by atoms with Gasteiger partial charge in [-0.15, -0.1) is 0 Å². The van der Waals surface area contributed by atoms with Crippen molar-refractivity contribution in [3.63, 3.8) is 0 Å². The van der Waals surface area contributed by atoms with Gasteiger partial charge in [-0.05, 0) is 43.9 Å². The second kappa shape index (κ2) is 7.43. The van der Waals surface area contributed by atoms with E-state index in [-0.39, 0.29) is 12.0 Å². The number of hydrogen-bond donors (Lipinski definition) is 1. The molecule has 1 N–H and O–H groups in total. The maximum absolute atomic E-state index is 13.6. The molecule has 154 valence electrons. The van der Waals surface area contributed by atoms with Crippen molar-refractivity contribution in [1.82, 2.24) is 10.2 Å². The third-order valence-electron chi connectivity index (χ3n) is 6.20. The molecule has 6 heteroatoms. The van der Waals surface area contributed by atoms with Crippen LogP contribution in [0.2, 0.25) is 0 Å². The van der Waals surface area contributed by atoms with Crippen molar-refractivity contribution in [3.05, 3.63) is 83.1 Å². The highest BCUT2D eigenvalue weighted by Crippen LogP contribution is 2.39. The Balaban J connectivity index is 1.53. The van der Waals surface area contributed by atoms with Gasteiger partial charge in [0, 0.05) is 29.6 Å². The highest BCUT2D eigenvalue weighted by atomic mass is 32.2. The van der Waals surface area contributed by atoms with Crippen LogP contribution >= 0.6 is 0 Å². The Morgan fingerprint density at radius 2 is 1.77 bits per heavy atom. The van der Waals surface area contributed by atoms with Gasteiger partial charge in [0.2, 0.25) is 0 Å². The highest BCUT2D eigenvalue weighted by molar-refractivity contribution is 7.92. The molecule has 1 aromatic heterocycles. The molecule has 0 aliphatic heterocycles. The lowest BCUT2D eigenvalue weighted by Gasteiger charge is -2.37. The van der Waals surface area contributed by atoms with Gasteiger partial charge in [0.05, 0.1) is 4.90 Å². The van der Waals surface area contributed by atoms with Crippen molar-refractivity contribution >= 4 is 21.9 Å². The lowest BCUT2D eigenvalue weighted by Crippen LogP contribution is -2.45. The number of benzene rings is 2. The van der Waals surface area contributed by atoms with Crippen molar-refractivity contribution in [3.8, 4) is 0 Å². The Labute approximate surface area is 177 Å². The third-order valence-corrected chi connectivity index (χ3v) is 8.06. The molecule has 0 saturated heterocycles. The third kappa shape index (κ3) is 3.25. The Kier molecular flexibility index (Phi) is 4.74. The molecule has 0 radical (unpaired) electrons. The number of aromatic amines is 1. The summed E-state index contributed by atoms with van der Waals surface area (Å²) in [6.07, 6.45) is 7.75. The molecule has 3 aromatic rings. The number of fused-ring (bicyclic) bond motifs is 1. The zero-order valence-corrected chi connectivity index (χ0v) is 17.8. The number of aryl methyl sites for hydroxylation is 1. The van der Waals surface area contributed by atoms with E-state index < -0.39 is 10.0 Å². The molecule has 2 aliphatic carbocycles. The Morgan fingerprint density at radius 1 is 1.03 bits per heavy atom. The summed E-state index contributed by atoms with van der Waals surface area (Å²) in [6, 6.07) is 17.4. The summed E-state index contributed by atoms with van der Waals surface area (Å²) >= 11 is 0. The van der Waals surface area contributed by atoms with Crippen LogP contribution in [0.1, 0.15) is 47.6 Å². The van der Waals surface area contributed by atoms with E-state index in [2.05, 4.69) is 28.4 Å². The van der Waals surface area contributed by atoms with Crippen molar-refractivity contribution < 1.29 is 8.42 Å². The number of hydrogen-bond acceptors (Lipinski definition) is 3. The number of nitrogens with zero attached hydrogens (tertiary/aromatic N) is 2. The van der Waals surface area contributed by atoms with Crippen LogP contribution in [-0.2, 0) is 16.4 Å². The van der Waals surface area contributed by atoms with Crippen LogP contribution in [0.4, 0.5) is 5.82 Å². The standard InChI is InChI=1S/C24H25N3O2S/c1-17-10-13-21(14-11-17)30(28,29)27(20-8-5-9-20)24-22-15-12-19(16-23(22)25-26-24)18-6-3-2-4-7-18/h2-4,6-7,10-15,19-20H,5,8-9,16H2,1H3,(H,25,26). The maximum Gasteiger partial charge on any atom is 0.265 e. The van der Waals surface area contributed by atoms with E-state index in [0.29, 0.717) is 10.7 Å². The molecule has 0 spiro atoms. The summed E-state index contributed by atoms with van der Waals surface area (Å²) in [5.74, 6) is 0.788. The van der Waals surface area contributed by atoms with Gasteiger partial charge in [-0.25, -0.2) is 12.7 Å². The molecule has 1 heterocycles. The topological polar surface area (TPSA) is 66.1 Å². The van der Waals surface area contributed by atoms with E-state index in [1.54, 1.807) is 16.4 Å². The fourth-order valence-electron chi connectivity index (χ4n) is 4.23. The zero-order chi connectivity index (χ0) is 20.7. The number of H-pyrrole nitrogens is 1. The van der Waals surface area contributed by atoms with Crippen LogP contribution in [0, 0.1) is 6.92 Å². The molecule has 0 bridgehead atoms. The minimum Gasteiger partial charge on any atom is -0.280 e. The van der Waals surface area contributed by atoms with Crippen molar-refractivity contribution in [2.75, 3.05) is 4.31 Å². The van der Waals surface area contributed by atoms with Gasteiger partial charge in [-0.2, -0.15) is 5.10 Å². The monoisotopic (exact) mass is 419 g/mol. The predicted molar refractivity (Wildman–Crippen MR) is 119 cm³/mol. The summed E-state index contributed by atoms with van der Waals surface area (Å²) in [4.78, 5) is 0.318. The number of sulfonamides is 1. The SMILES string of the molecule is Cc1ccc(S(=O)(=O)N(c2n[nH]c3c2C=CC(c2ccccc2)C3)C2CCC2)cc1. The summed E-state index contributed by atoms with van der Waals surface area (Å²) in [5.41, 5.74) is 4.17. The van der Waals surface area contributed by atoms with Gasteiger partial charge in [0.15, 0.2) is 5.82 Å². The summed E-state index contributed by atoms with van der Waals surface area (Å²) in [6.45, 7) is 1.96. The molecule has 2 aromatic carbocycles. The van der Waals surface area contributed by atoms with E-state index >= 15 is 0 Å². The first kappa shape index (κ1) is 19.1. The van der Waals surface area contributed by atoms with Crippen molar-refractivity contribution in [1.29, 1.82) is 0 Å². The number of nitrogens with one attached hydrogen (secondary N) is 1. The molecule has 5 rings (SSSR count). The van der Waals surface area contributed by atoms with Crippen LogP contribution in [0.5, 0.6) is 0 Å². The Hall–Kier alpha value is -2.86. The van der Waals surface area contributed by atoms with E-state index in [9.17, 15) is 8.42 Å². The first-order valence-electron chi connectivity index (χ1n) is 10.5. The molecule has 1 saturated carbocycles. The minimum atomic E-state index is -3.68. The summed E-state index contributed by atoms with van der Waals surface area (Å²) < 4.78 is 28.8. The van der Waals surface area contributed by atoms with E-state index in [1.807, 2.05) is 43.3 Å². The number of aromatic nitrogens is 2. The molecule has 0 amide bonds. The van der Waals surface area contributed by atoms with Gasteiger partial charge in [0.25, 0.3) is 10.0 Å². The molecule has 5 nitrogen and oxygen atoms in total. The second-order valence-corrected chi connectivity index (χ2v) is 10.0. The van der Waals surface area contributed by atoms with E-state index in [4.69, 9.17) is 0 Å². The fourth-order valence-corrected chi connectivity index (χ4v) is 5.91. The molecule has 30 heavy (non-hydrogen) atoms. The number of allylic oxidation sites excluding steroid dienone is 1. The molecular formula is C24H25N3O2S. The lowest BCUT2D eigenvalue weighted by molar-refractivity contribution is 0.413. The van der Waals surface area contributed by atoms with Crippen LogP contribution < -0.4 is 4.31 Å². The van der Waals surface area contributed by atoms with Gasteiger partial charge < -0.3 is 0 Å². The molecular weight excluding hydrogens is 394 g/mol. The number of anilines is 1. The second-order valence-electron chi connectivity index (χ2n) is 8.22. The highest BCUT2D eigenvalue weighted by Gasteiger charge is 2.38. The Morgan fingerprint density at radius 3 is 2.43 bits per heavy atom.